The van der Waals surface area contributed by atoms with Gasteiger partial charge in [-0.25, -0.2) is 0 Å². The van der Waals surface area contributed by atoms with E-state index in [9.17, 15) is 0 Å². The van der Waals surface area contributed by atoms with Gasteiger partial charge in [0, 0.05) is 19.3 Å². The third-order valence-corrected chi connectivity index (χ3v) is 2.48. The largest absolute Gasteiger partial charge is 0.356 e. The molecule has 1 heterocycles. The molecule has 0 spiro atoms. The van der Waals surface area contributed by atoms with E-state index in [1.165, 1.54) is 0 Å². The Balaban J connectivity index is 2.55. The van der Waals surface area contributed by atoms with Crippen molar-refractivity contribution >= 4 is 11.3 Å². The SMILES string of the molecule is CCOC(OC(C)OC)c1ccsc1. The highest BCUT2D eigenvalue weighted by Crippen LogP contribution is 2.22. The molecule has 0 radical (unpaired) electrons. The summed E-state index contributed by atoms with van der Waals surface area (Å²) in [5, 5.41) is 4.02. The van der Waals surface area contributed by atoms with Crippen LogP contribution in [0.15, 0.2) is 16.8 Å². The van der Waals surface area contributed by atoms with Crippen molar-refractivity contribution in [1.82, 2.24) is 0 Å². The van der Waals surface area contributed by atoms with Gasteiger partial charge >= 0.3 is 0 Å². The summed E-state index contributed by atoms with van der Waals surface area (Å²) in [6, 6.07) is 1.99. The van der Waals surface area contributed by atoms with Crippen LogP contribution in [0, 0.1) is 0 Å². The van der Waals surface area contributed by atoms with Crippen LogP contribution in [0.2, 0.25) is 0 Å². The molecule has 2 atom stereocenters. The van der Waals surface area contributed by atoms with Crippen molar-refractivity contribution in [1.29, 1.82) is 0 Å². The third kappa shape index (κ3) is 3.38. The molecule has 2 unspecified atom stereocenters. The van der Waals surface area contributed by atoms with Crippen LogP contribution in [0.25, 0.3) is 0 Å². The number of hydrogen-bond acceptors (Lipinski definition) is 4. The van der Waals surface area contributed by atoms with Crippen molar-refractivity contribution in [2.45, 2.75) is 26.4 Å². The summed E-state index contributed by atoms with van der Waals surface area (Å²) in [6.07, 6.45) is -0.576. The number of thiophene rings is 1. The monoisotopic (exact) mass is 216 g/mol. The predicted octanol–water partition coefficient (Wildman–Crippen LogP) is 2.79. The van der Waals surface area contributed by atoms with Gasteiger partial charge in [0.25, 0.3) is 0 Å². The minimum absolute atomic E-state index is 0.258. The summed E-state index contributed by atoms with van der Waals surface area (Å²) in [5.74, 6) is 0. The zero-order chi connectivity index (χ0) is 10.4. The molecular weight excluding hydrogens is 200 g/mol. The second-order valence-corrected chi connectivity index (χ2v) is 3.56. The highest BCUT2D eigenvalue weighted by atomic mass is 32.1. The summed E-state index contributed by atoms with van der Waals surface area (Å²) in [5.41, 5.74) is 1.04. The molecule has 0 N–H and O–H groups in total. The van der Waals surface area contributed by atoms with Gasteiger partial charge in [-0.1, -0.05) is 0 Å². The highest BCUT2D eigenvalue weighted by molar-refractivity contribution is 7.07. The highest BCUT2D eigenvalue weighted by Gasteiger charge is 2.15. The fourth-order valence-corrected chi connectivity index (χ4v) is 1.67. The van der Waals surface area contributed by atoms with Crippen LogP contribution >= 0.6 is 11.3 Å². The van der Waals surface area contributed by atoms with Crippen LogP contribution in [-0.4, -0.2) is 20.0 Å². The topological polar surface area (TPSA) is 27.7 Å². The van der Waals surface area contributed by atoms with Gasteiger partial charge in [-0.05, 0) is 30.7 Å². The first-order valence-electron chi connectivity index (χ1n) is 4.59. The zero-order valence-corrected chi connectivity index (χ0v) is 9.54. The van der Waals surface area contributed by atoms with Gasteiger partial charge in [0.05, 0.1) is 0 Å². The average molecular weight is 216 g/mol. The van der Waals surface area contributed by atoms with E-state index in [2.05, 4.69) is 0 Å². The molecule has 80 valence electrons. The average Bonchev–Trinajstić information content (AvgIpc) is 2.69. The standard InChI is InChI=1S/C10H16O3S/c1-4-12-10(13-8(2)11-3)9-5-6-14-7-9/h5-8,10H,4H2,1-3H3. The second kappa shape index (κ2) is 6.14. The Kier molecular flexibility index (Phi) is 5.11. The van der Waals surface area contributed by atoms with E-state index in [1.807, 2.05) is 30.7 Å². The number of rotatable bonds is 6. The van der Waals surface area contributed by atoms with Crippen LogP contribution in [0.1, 0.15) is 25.7 Å². The molecule has 0 saturated heterocycles. The fourth-order valence-electron chi connectivity index (χ4n) is 1.00. The van der Waals surface area contributed by atoms with Crippen molar-refractivity contribution in [2.24, 2.45) is 0 Å². The van der Waals surface area contributed by atoms with Gasteiger partial charge in [-0.2, -0.15) is 11.3 Å². The summed E-state index contributed by atoms with van der Waals surface area (Å²) < 4.78 is 16.0. The van der Waals surface area contributed by atoms with Gasteiger partial charge in [0.1, 0.15) is 0 Å². The Morgan fingerprint density at radius 3 is 2.79 bits per heavy atom. The lowest BCUT2D eigenvalue weighted by Crippen LogP contribution is -2.17. The number of ether oxygens (including phenoxy) is 3. The maximum absolute atomic E-state index is 5.55. The quantitative estimate of drug-likeness (QED) is 0.684. The van der Waals surface area contributed by atoms with Crippen LogP contribution in [0.4, 0.5) is 0 Å². The summed E-state index contributed by atoms with van der Waals surface area (Å²) in [6.45, 7) is 4.41. The molecule has 1 aromatic rings. The first kappa shape index (κ1) is 11.7. The maximum atomic E-state index is 5.55. The first-order chi connectivity index (χ1) is 6.77. The summed E-state index contributed by atoms with van der Waals surface area (Å²) in [4.78, 5) is 0. The van der Waals surface area contributed by atoms with Gasteiger partial charge < -0.3 is 14.2 Å². The van der Waals surface area contributed by atoms with E-state index in [0.29, 0.717) is 6.61 Å². The van der Waals surface area contributed by atoms with Crippen molar-refractivity contribution in [2.75, 3.05) is 13.7 Å². The molecule has 14 heavy (non-hydrogen) atoms. The molecule has 0 saturated carbocycles. The van der Waals surface area contributed by atoms with Gasteiger partial charge in [0.15, 0.2) is 12.6 Å². The Morgan fingerprint density at radius 1 is 1.50 bits per heavy atom. The van der Waals surface area contributed by atoms with Crippen LogP contribution in [0.5, 0.6) is 0 Å². The van der Waals surface area contributed by atoms with E-state index >= 15 is 0 Å². The summed E-state index contributed by atoms with van der Waals surface area (Å²) in [7, 11) is 1.61. The Bertz CT molecular complexity index is 236. The lowest BCUT2D eigenvalue weighted by molar-refractivity contribution is -0.233. The minimum Gasteiger partial charge on any atom is -0.356 e. The lowest BCUT2D eigenvalue weighted by Gasteiger charge is -2.20. The van der Waals surface area contributed by atoms with E-state index in [4.69, 9.17) is 14.2 Å². The first-order valence-corrected chi connectivity index (χ1v) is 5.54. The van der Waals surface area contributed by atoms with Gasteiger partial charge in [-0.3, -0.25) is 0 Å². The van der Waals surface area contributed by atoms with Crippen molar-refractivity contribution in [3.05, 3.63) is 22.4 Å². The summed E-state index contributed by atoms with van der Waals surface area (Å²) >= 11 is 1.63. The zero-order valence-electron chi connectivity index (χ0n) is 8.73. The van der Waals surface area contributed by atoms with E-state index < -0.39 is 0 Å². The molecule has 0 aromatic carbocycles. The number of hydrogen-bond donors (Lipinski definition) is 0. The number of methoxy groups -OCH3 is 1. The third-order valence-electron chi connectivity index (χ3n) is 1.78. The Labute approximate surface area is 88.6 Å². The van der Waals surface area contributed by atoms with Gasteiger partial charge in [0.2, 0.25) is 0 Å². The van der Waals surface area contributed by atoms with Gasteiger partial charge in [-0.15, -0.1) is 0 Å². The molecule has 0 fully saturated rings. The lowest BCUT2D eigenvalue weighted by atomic mass is 10.3. The molecule has 4 heteroatoms. The minimum atomic E-state index is -0.318. The molecule has 0 aliphatic rings. The van der Waals surface area contributed by atoms with E-state index in [-0.39, 0.29) is 12.6 Å². The maximum Gasteiger partial charge on any atom is 0.187 e. The Hall–Kier alpha value is -0.420. The molecule has 0 amide bonds. The molecule has 3 nitrogen and oxygen atoms in total. The molecule has 1 rings (SSSR count). The van der Waals surface area contributed by atoms with E-state index in [0.717, 1.165) is 5.56 Å². The van der Waals surface area contributed by atoms with Crippen LogP contribution in [-0.2, 0) is 14.2 Å². The van der Waals surface area contributed by atoms with Crippen molar-refractivity contribution < 1.29 is 14.2 Å². The molecule has 1 aromatic heterocycles. The molecular formula is C10H16O3S. The Morgan fingerprint density at radius 2 is 2.29 bits per heavy atom. The van der Waals surface area contributed by atoms with E-state index in [1.54, 1.807) is 18.4 Å². The second-order valence-electron chi connectivity index (χ2n) is 2.78. The molecule has 0 aliphatic carbocycles. The predicted molar refractivity (Wildman–Crippen MR) is 56.2 cm³/mol. The van der Waals surface area contributed by atoms with Crippen LogP contribution < -0.4 is 0 Å². The smallest absolute Gasteiger partial charge is 0.187 e. The van der Waals surface area contributed by atoms with Crippen molar-refractivity contribution in [3.63, 3.8) is 0 Å². The van der Waals surface area contributed by atoms with Crippen LogP contribution in [0.3, 0.4) is 0 Å². The fraction of sp³-hybridized carbons (Fsp3) is 0.600. The van der Waals surface area contributed by atoms with Crippen molar-refractivity contribution in [3.8, 4) is 0 Å². The molecule has 0 aliphatic heterocycles. The normalized spacial score (nSPS) is 15.4. The molecule has 0 bridgehead atoms.